The van der Waals surface area contributed by atoms with Gasteiger partial charge in [-0.05, 0) is 31.4 Å². The summed E-state index contributed by atoms with van der Waals surface area (Å²) in [5.41, 5.74) is 0. The summed E-state index contributed by atoms with van der Waals surface area (Å²) in [4.78, 5) is 10.0. The minimum Gasteiger partial charge on any atom is -0.316 e. The molecule has 1 saturated heterocycles. The number of carbonyl (C=O) groups excluding carboxylic acids is 1. The van der Waals surface area contributed by atoms with E-state index in [2.05, 4.69) is 5.32 Å². The summed E-state index contributed by atoms with van der Waals surface area (Å²) in [5, 5.41) is 3.34. The quantitative estimate of drug-likeness (QED) is 0.476. The Hall–Kier alpha value is -0.630. The summed E-state index contributed by atoms with van der Waals surface area (Å²) in [6.45, 7) is 2.16. The van der Waals surface area contributed by atoms with E-state index in [9.17, 15) is 4.79 Å². The number of allylic oxidation sites excluding steroid dienone is 1. The molecule has 1 N–H and O–H groups in total. The maximum Gasteiger partial charge on any atom is 0.142 e. The van der Waals surface area contributed by atoms with Crippen molar-refractivity contribution in [1.29, 1.82) is 0 Å². The average Bonchev–Trinajstić information content (AvgIpc) is 2.28. The molecule has 0 aromatic carbocycles. The van der Waals surface area contributed by atoms with Gasteiger partial charge in [0.15, 0.2) is 0 Å². The molecule has 2 nitrogen and oxygen atoms in total. The average molecular weight is 153 g/mol. The SMILES string of the molecule is O=CC=CC1CCCCNC1. The van der Waals surface area contributed by atoms with Crippen molar-refractivity contribution in [2.75, 3.05) is 13.1 Å². The van der Waals surface area contributed by atoms with Gasteiger partial charge < -0.3 is 5.32 Å². The monoisotopic (exact) mass is 153 g/mol. The van der Waals surface area contributed by atoms with Crippen LogP contribution in [0.15, 0.2) is 12.2 Å². The van der Waals surface area contributed by atoms with Gasteiger partial charge in [-0.1, -0.05) is 12.5 Å². The first-order valence-electron chi connectivity index (χ1n) is 4.26. The third-order valence-electron chi connectivity index (χ3n) is 2.05. The number of nitrogens with one attached hydrogen (secondary N) is 1. The van der Waals surface area contributed by atoms with Crippen molar-refractivity contribution in [3.05, 3.63) is 12.2 Å². The molecule has 2 heteroatoms. The van der Waals surface area contributed by atoms with E-state index in [4.69, 9.17) is 0 Å². The van der Waals surface area contributed by atoms with Gasteiger partial charge in [-0.15, -0.1) is 0 Å². The maximum absolute atomic E-state index is 10.0. The summed E-state index contributed by atoms with van der Waals surface area (Å²) >= 11 is 0. The van der Waals surface area contributed by atoms with Gasteiger partial charge in [0, 0.05) is 6.54 Å². The van der Waals surface area contributed by atoms with Crippen molar-refractivity contribution in [1.82, 2.24) is 5.32 Å². The third-order valence-corrected chi connectivity index (χ3v) is 2.05. The molecular formula is C9H15NO. The Kier molecular flexibility index (Phi) is 3.91. The molecule has 62 valence electrons. The highest BCUT2D eigenvalue weighted by Crippen LogP contribution is 2.11. The van der Waals surface area contributed by atoms with Crippen molar-refractivity contribution in [2.24, 2.45) is 5.92 Å². The minimum atomic E-state index is 0.572. The van der Waals surface area contributed by atoms with E-state index >= 15 is 0 Å². The second kappa shape index (κ2) is 5.08. The second-order valence-corrected chi connectivity index (χ2v) is 2.98. The Morgan fingerprint density at radius 1 is 1.36 bits per heavy atom. The highest BCUT2D eigenvalue weighted by Gasteiger charge is 2.07. The van der Waals surface area contributed by atoms with Crippen molar-refractivity contribution < 1.29 is 4.79 Å². The van der Waals surface area contributed by atoms with Gasteiger partial charge in [0.05, 0.1) is 0 Å². The standard InChI is InChI=1S/C9H15NO/c11-7-3-5-9-4-1-2-6-10-8-9/h3,5,7,9-10H,1-2,4,6,8H2. The topological polar surface area (TPSA) is 29.1 Å². The second-order valence-electron chi connectivity index (χ2n) is 2.98. The zero-order chi connectivity index (χ0) is 7.94. The largest absolute Gasteiger partial charge is 0.316 e. The third kappa shape index (κ3) is 3.33. The molecule has 1 fully saturated rings. The smallest absolute Gasteiger partial charge is 0.142 e. The van der Waals surface area contributed by atoms with Gasteiger partial charge in [0.2, 0.25) is 0 Å². The molecule has 1 rings (SSSR count). The van der Waals surface area contributed by atoms with E-state index in [0.29, 0.717) is 5.92 Å². The molecule has 11 heavy (non-hydrogen) atoms. The van der Waals surface area contributed by atoms with Crippen LogP contribution < -0.4 is 5.32 Å². The fourth-order valence-electron chi connectivity index (χ4n) is 1.41. The summed E-state index contributed by atoms with van der Waals surface area (Å²) < 4.78 is 0. The lowest BCUT2D eigenvalue weighted by molar-refractivity contribution is -0.104. The van der Waals surface area contributed by atoms with Gasteiger partial charge in [-0.3, -0.25) is 4.79 Å². The molecule has 1 atom stereocenters. The van der Waals surface area contributed by atoms with E-state index in [1.54, 1.807) is 6.08 Å². The highest BCUT2D eigenvalue weighted by molar-refractivity contribution is 5.64. The molecular weight excluding hydrogens is 138 g/mol. The first-order valence-corrected chi connectivity index (χ1v) is 4.26. The predicted octanol–water partition coefficient (Wildman–Crippen LogP) is 1.13. The number of rotatable bonds is 2. The molecule has 0 aromatic rings. The van der Waals surface area contributed by atoms with Crippen LogP contribution in [0.5, 0.6) is 0 Å². The number of hydrogen-bond donors (Lipinski definition) is 1. The van der Waals surface area contributed by atoms with Crippen LogP contribution in [0, 0.1) is 5.92 Å². The summed E-state index contributed by atoms with van der Waals surface area (Å²) in [5.74, 6) is 0.572. The van der Waals surface area contributed by atoms with Crippen molar-refractivity contribution in [3.8, 4) is 0 Å². The van der Waals surface area contributed by atoms with Crippen LogP contribution in [-0.4, -0.2) is 19.4 Å². The first-order chi connectivity index (χ1) is 5.43. The summed E-state index contributed by atoms with van der Waals surface area (Å²) in [6.07, 6.45) is 8.23. The van der Waals surface area contributed by atoms with Gasteiger partial charge in [0.25, 0.3) is 0 Å². The summed E-state index contributed by atoms with van der Waals surface area (Å²) in [7, 11) is 0. The molecule has 0 radical (unpaired) electrons. The van der Waals surface area contributed by atoms with Gasteiger partial charge >= 0.3 is 0 Å². The Bertz CT molecular complexity index is 134. The fourth-order valence-corrected chi connectivity index (χ4v) is 1.41. The Morgan fingerprint density at radius 3 is 3.09 bits per heavy atom. The summed E-state index contributed by atoms with van der Waals surface area (Å²) in [6, 6.07) is 0. The van der Waals surface area contributed by atoms with Crippen LogP contribution in [0.25, 0.3) is 0 Å². The number of aldehydes is 1. The lowest BCUT2D eigenvalue weighted by atomic mass is 10.0. The zero-order valence-corrected chi connectivity index (χ0v) is 6.75. The van der Waals surface area contributed by atoms with Gasteiger partial charge in [-0.2, -0.15) is 0 Å². The maximum atomic E-state index is 10.0. The highest BCUT2D eigenvalue weighted by atomic mass is 16.1. The Morgan fingerprint density at radius 2 is 2.27 bits per heavy atom. The molecule has 1 unspecified atom stereocenters. The van der Waals surface area contributed by atoms with Crippen molar-refractivity contribution in [3.63, 3.8) is 0 Å². The van der Waals surface area contributed by atoms with Crippen LogP contribution in [0.3, 0.4) is 0 Å². The van der Waals surface area contributed by atoms with Crippen molar-refractivity contribution in [2.45, 2.75) is 19.3 Å². The molecule has 0 aliphatic carbocycles. The molecule has 0 bridgehead atoms. The molecule has 1 heterocycles. The van der Waals surface area contributed by atoms with Crippen LogP contribution in [0.2, 0.25) is 0 Å². The Labute approximate surface area is 67.7 Å². The molecule has 0 spiro atoms. The normalized spacial score (nSPS) is 26.7. The van der Waals surface area contributed by atoms with Gasteiger partial charge in [0.1, 0.15) is 6.29 Å². The van der Waals surface area contributed by atoms with Gasteiger partial charge in [-0.25, -0.2) is 0 Å². The van der Waals surface area contributed by atoms with E-state index in [-0.39, 0.29) is 0 Å². The molecule has 1 aliphatic rings. The molecule has 0 amide bonds. The number of carbonyl (C=O) groups is 1. The first kappa shape index (κ1) is 8.47. The van der Waals surface area contributed by atoms with Crippen LogP contribution in [-0.2, 0) is 4.79 Å². The van der Waals surface area contributed by atoms with E-state index in [1.165, 1.54) is 19.3 Å². The van der Waals surface area contributed by atoms with E-state index in [0.717, 1.165) is 19.4 Å². The zero-order valence-electron chi connectivity index (χ0n) is 6.75. The lowest BCUT2D eigenvalue weighted by Crippen LogP contribution is -2.19. The Balaban J connectivity index is 2.30. The van der Waals surface area contributed by atoms with Crippen LogP contribution >= 0.6 is 0 Å². The van der Waals surface area contributed by atoms with Crippen molar-refractivity contribution >= 4 is 6.29 Å². The molecule has 0 aromatic heterocycles. The van der Waals surface area contributed by atoms with E-state index in [1.807, 2.05) is 6.08 Å². The van der Waals surface area contributed by atoms with E-state index < -0.39 is 0 Å². The fraction of sp³-hybridized carbons (Fsp3) is 0.667. The van der Waals surface area contributed by atoms with Crippen LogP contribution in [0.4, 0.5) is 0 Å². The lowest BCUT2D eigenvalue weighted by Gasteiger charge is -2.06. The van der Waals surface area contributed by atoms with Crippen LogP contribution in [0.1, 0.15) is 19.3 Å². The predicted molar refractivity (Wildman–Crippen MR) is 45.4 cm³/mol. The number of hydrogen-bond acceptors (Lipinski definition) is 2. The minimum absolute atomic E-state index is 0.572. The molecule has 0 saturated carbocycles. The molecule has 1 aliphatic heterocycles.